The predicted octanol–water partition coefficient (Wildman–Crippen LogP) is 2.57. The summed E-state index contributed by atoms with van der Waals surface area (Å²) in [5.74, 6) is -1.74. The zero-order valence-corrected chi connectivity index (χ0v) is 11.7. The molecule has 1 aromatic rings. The maximum absolute atomic E-state index is 13.8. The largest absolute Gasteiger partial charge is 0.309 e. The molecule has 6 heteroatoms. The summed E-state index contributed by atoms with van der Waals surface area (Å²) < 4.78 is 51.8. The zero-order valence-electron chi connectivity index (χ0n) is 10.9. The Morgan fingerprint density at radius 2 is 1.95 bits per heavy atom. The van der Waals surface area contributed by atoms with Gasteiger partial charge >= 0.3 is 0 Å². The Morgan fingerprint density at radius 3 is 2.53 bits per heavy atom. The first kappa shape index (κ1) is 14.4. The van der Waals surface area contributed by atoms with Crippen LogP contribution in [0.3, 0.4) is 0 Å². The summed E-state index contributed by atoms with van der Waals surface area (Å²) in [5.41, 5.74) is 0.220. The van der Waals surface area contributed by atoms with E-state index in [0.29, 0.717) is 19.0 Å². The van der Waals surface area contributed by atoms with Gasteiger partial charge in [0.15, 0.2) is 9.84 Å². The van der Waals surface area contributed by atoms with Crippen LogP contribution in [0, 0.1) is 11.6 Å². The molecule has 106 valence electrons. The molecular formula is C13H17F2NO2S. The summed E-state index contributed by atoms with van der Waals surface area (Å²) in [6, 6.07) is 1.22. The molecule has 0 saturated heterocycles. The molecule has 0 radical (unpaired) electrons. The normalized spacial score (nSPS) is 24.4. The third-order valence-electron chi connectivity index (χ3n) is 3.44. The van der Waals surface area contributed by atoms with Gasteiger partial charge in [-0.05, 0) is 31.0 Å². The van der Waals surface area contributed by atoms with Gasteiger partial charge in [0.2, 0.25) is 0 Å². The summed E-state index contributed by atoms with van der Waals surface area (Å²) in [6.45, 7) is 4.29. The monoisotopic (exact) mass is 289 g/mol. The number of rotatable bonds is 4. The SMILES string of the molecule is CCCNC1c2cc(F)cc(F)c2S(=O)(=O)C1CC. The lowest BCUT2D eigenvalue weighted by Gasteiger charge is -2.19. The molecule has 0 spiro atoms. The van der Waals surface area contributed by atoms with Gasteiger partial charge in [0, 0.05) is 6.07 Å². The van der Waals surface area contributed by atoms with Gasteiger partial charge in [-0.2, -0.15) is 0 Å². The fourth-order valence-corrected chi connectivity index (χ4v) is 4.83. The smallest absolute Gasteiger partial charge is 0.186 e. The topological polar surface area (TPSA) is 46.2 Å². The standard InChI is InChI=1S/C13H17F2NO2S/c1-3-5-16-12-9-6-8(14)7-10(15)13(9)19(17,18)11(12)4-2/h6-7,11-12,16H,3-5H2,1-2H3. The van der Waals surface area contributed by atoms with Crippen molar-refractivity contribution in [2.45, 2.75) is 42.9 Å². The van der Waals surface area contributed by atoms with Crippen LogP contribution in [0.5, 0.6) is 0 Å². The molecule has 2 atom stereocenters. The van der Waals surface area contributed by atoms with E-state index in [2.05, 4.69) is 5.32 Å². The first-order valence-electron chi connectivity index (χ1n) is 6.39. The van der Waals surface area contributed by atoms with E-state index >= 15 is 0 Å². The molecule has 3 nitrogen and oxygen atoms in total. The third-order valence-corrected chi connectivity index (χ3v) is 5.85. The van der Waals surface area contributed by atoms with Crippen LogP contribution in [-0.4, -0.2) is 20.2 Å². The Balaban J connectivity index is 2.59. The summed E-state index contributed by atoms with van der Waals surface area (Å²) in [6.07, 6.45) is 1.18. The van der Waals surface area contributed by atoms with Crippen molar-refractivity contribution in [2.75, 3.05) is 6.54 Å². The van der Waals surface area contributed by atoms with Crippen LogP contribution >= 0.6 is 0 Å². The van der Waals surface area contributed by atoms with Crippen LogP contribution in [0.25, 0.3) is 0 Å². The van der Waals surface area contributed by atoms with Crippen molar-refractivity contribution in [2.24, 2.45) is 0 Å². The quantitative estimate of drug-likeness (QED) is 0.867. The first-order valence-corrected chi connectivity index (χ1v) is 7.94. The number of halogens is 2. The van der Waals surface area contributed by atoms with Gasteiger partial charge in [0.25, 0.3) is 0 Å². The van der Waals surface area contributed by atoms with Crippen LogP contribution < -0.4 is 5.32 Å². The molecule has 1 aromatic carbocycles. The number of hydrogen-bond acceptors (Lipinski definition) is 3. The Kier molecular flexibility index (Phi) is 3.92. The van der Waals surface area contributed by atoms with Crippen LogP contribution in [-0.2, 0) is 9.84 Å². The predicted molar refractivity (Wildman–Crippen MR) is 68.7 cm³/mol. The number of benzene rings is 1. The van der Waals surface area contributed by atoms with Crippen molar-refractivity contribution in [3.05, 3.63) is 29.3 Å². The Bertz CT molecular complexity index is 587. The van der Waals surface area contributed by atoms with Gasteiger partial charge in [0.1, 0.15) is 16.5 Å². The Hall–Kier alpha value is -1.01. The molecule has 2 rings (SSSR count). The minimum Gasteiger partial charge on any atom is -0.309 e. The molecular weight excluding hydrogens is 272 g/mol. The van der Waals surface area contributed by atoms with Gasteiger partial charge in [-0.1, -0.05) is 13.8 Å². The number of fused-ring (bicyclic) bond motifs is 1. The van der Waals surface area contributed by atoms with E-state index in [4.69, 9.17) is 0 Å². The molecule has 1 aliphatic rings. The summed E-state index contributed by atoms with van der Waals surface area (Å²) in [4.78, 5) is -0.339. The van der Waals surface area contributed by atoms with Crippen molar-refractivity contribution in [3.63, 3.8) is 0 Å². The van der Waals surface area contributed by atoms with Crippen molar-refractivity contribution >= 4 is 9.84 Å². The average molecular weight is 289 g/mol. The number of sulfone groups is 1. The van der Waals surface area contributed by atoms with Crippen molar-refractivity contribution in [1.82, 2.24) is 5.32 Å². The number of nitrogens with one attached hydrogen (secondary N) is 1. The zero-order chi connectivity index (χ0) is 14.2. The van der Waals surface area contributed by atoms with E-state index < -0.39 is 32.8 Å². The molecule has 1 aliphatic heterocycles. The van der Waals surface area contributed by atoms with E-state index in [1.807, 2.05) is 6.92 Å². The van der Waals surface area contributed by atoms with Gasteiger partial charge in [-0.3, -0.25) is 0 Å². The molecule has 0 amide bonds. The molecule has 0 aliphatic carbocycles. The molecule has 2 unspecified atom stereocenters. The minimum atomic E-state index is -3.73. The molecule has 0 fully saturated rings. The van der Waals surface area contributed by atoms with Crippen LogP contribution in [0.15, 0.2) is 17.0 Å². The van der Waals surface area contributed by atoms with Crippen LogP contribution in [0.2, 0.25) is 0 Å². The highest BCUT2D eigenvalue weighted by atomic mass is 32.2. The highest BCUT2D eigenvalue weighted by Gasteiger charge is 2.45. The molecule has 0 aromatic heterocycles. The van der Waals surface area contributed by atoms with E-state index in [-0.39, 0.29) is 10.5 Å². The van der Waals surface area contributed by atoms with Gasteiger partial charge in [-0.15, -0.1) is 0 Å². The van der Waals surface area contributed by atoms with E-state index in [1.54, 1.807) is 6.92 Å². The fraction of sp³-hybridized carbons (Fsp3) is 0.538. The van der Waals surface area contributed by atoms with E-state index in [9.17, 15) is 17.2 Å². The van der Waals surface area contributed by atoms with Crippen LogP contribution in [0.4, 0.5) is 8.78 Å². The fourth-order valence-electron chi connectivity index (χ4n) is 2.64. The lowest BCUT2D eigenvalue weighted by atomic mass is 10.0. The van der Waals surface area contributed by atoms with Gasteiger partial charge in [0.05, 0.1) is 11.3 Å². The van der Waals surface area contributed by atoms with Crippen molar-refractivity contribution < 1.29 is 17.2 Å². The van der Waals surface area contributed by atoms with Crippen LogP contribution in [0.1, 0.15) is 38.3 Å². The molecule has 1 heterocycles. The average Bonchev–Trinajstić information content (AvgIpc) is 2.53. The second-order valence-electron chi connectivity index (χ2n) is 4.73. The lowest BCUT2D eigenvalue weighted by molar-refractivity contribution is 0.488. The number of hydrogen-bond donors (Lipinski definition) is 1. The summed E-state index contributed by atoms with van der Waals surface area (Å²) >= 11 is 0. The molecule has 1 N–H and O–H groups in total. The third kappa shape index (κ3) is 2.27. The van der Waals surface area contributed by atoms with Crippen molar-refractivity contribution in [1.29, 1.82) is 0 Å². The summed E-state index contributed by atoms with van der Waals surface area (Å²) in [7, 11) is -3.73. The minimum absolute atomic E-state index is 0.220. The highest BCUT2D eigenvalue weighted by Crippen LogP contribution is 2.42. The second-order valence-corrected chi connectivity index (χ2v) is 6.83. The first-order chi connectivity index (χ1) is 8.93. The van der Waals surface area contributed by atoms with E-state index in [1.165, 1.54) is 0 Å². The van der Waals surface area contributed by atoms with E-state index in [0.717, 1.165) is 12.5 Å². The second kappa shape index (κ2) is 5.17. The maximum Gasteiger partial charge on any atom is 0.186 e. The van der Waals surface area contributed by atoms with Gasteiger partial charge < -0.3 is 5.32 Å². The molecule has 19 heavy (non-hydrogen) atoms. The summed E-state index contributed by atoms with van der Waals surface area (Å²) in [5, 5.41) is 2.35. The lowest BCUT2D eigenvalue weighted by Crippen LogP contribution is -2.31. The molecule has 0 bridgehead atoms. The Labute approximate surface area is 111 Å². The molecule has 0 saturated carbocycles. The Morgan fingerprint density at radius 1 is 1.26 bits per heavy atom. The van der Waals surface area contributed by atoms with Gasteiger partial charge in [-0.25, -0.2) is 17.2 Å². The highest BCUT2D eigenvalue weighted by molar-refractivity contribution is 7.92. The maximum atomic E-state index is 13.8. The van der Waals surface area contributed by atoms with Crippen molar-refractivity contribution in [3.8, 4) is 0 Å².